The first kappa shape index (κ1) is 25.3. The summed E-state index contributed by atoms with van der Waals surface area (Å²) in [6.45, 7) is 2.02. The van der Waals surface area contributed by atoms with Gasteiger partial charge in [0.1, 0.15) is 12.1 Å². The number of carbonyl (C=O) groups excluding carboxylic acids is 2. The molecule has 0 atom stereocenters. The third kappa shape index (κ3) is 39.2. The van der Waals surface area contributed by atoms with Crippen LogP contribution >= 0.6 is 0 Å². The molecule has 0 saturated heterocycles. The number of aldehydes is 1. The Labute approximate surface area is 136 Å². The molecule has 5 nitrogen and oxygen atoms in total. The van der Waals surface area contributed by atoms with Gasteiger partial charge in [0.2, 0.25) is 0 Å². The molecule has 8 heteroatoms. The van der Waals surface area contributed by atoms with Crippen molar-refractivity contribution in [1.29, 1.82) is 0 Å². The van der Waals surface area contributed by atoms with Crippen LogP contribution in [0.1, 0.15) is 32.6 Å². The molecule has 0 amide bonds. The molecule has 0 N–H and O–H groups in total. The van der Waals surface area contributed by atoms with E-state index >= 15 is 0 Å². The van der Waals surface area contributed by atoms with Gasteiger partial charge in [-0.2, -0.15) is 0 Å². The fraction of sp³-hybridized carbons (Fsp3) is 0.714. The first-order valence-corrected chi connectivity index (χ1v) is 4.76. The summed E-state index contributed by atoms with van der Waals surface area (Å²) in [6.07, 6.45) is 3.25. The van der Waals surface area contributed by atoms with Crippen molar-refractivity contribution in [2.75, 3.05) is 0 Å². The second-order valence-electron chi connectivity index (χ2n) is 2.22. The molecule has 0 aromatic carbocycles. The predicted octanol–water partition coefficient (Wildman–Crippen LogP) is -5.66. The number of hydrogen-bond donors (Lipinski definition) is 0. The van der Waals surface area contributed by atoms with E-state index in [-0.39, 0.29) is 71.3 Å². The number of hydrogen-bond acceptors (Lipinski definition) is 5. The Morgan fingerprint density at radius 2 is 1.73 bits per heavy atom. The van der Waals surface area contributed by atoms with E-state index in [1.54, 1.807) is 0 Å². The zero-order chi connectivity index (χ0) is 10.7. The van der Waals surface area contributed by atoms with E-state index in [0.29, 0.717) is 12.7 Å². The monoisotopic (exact) mass is 254 g/mol. The first-order chi connectivity index (χ1) is 6.04. The number of carbonyl (C=O) groups is 2. The maximum atomic E-state index is 10.6. The minimum atomic E-state index is -3.11. The maximum Gasteiger partial charge on any atom is 1.00 e. The van der Waals surface area contributed by atoms with Crippen LogP contribution in [0.25, 0.3) is 0 Å². The van der Waals surface area contributed by atoms with E-state index in [4.69, 9.17) is 13.3 Å². The van der Waals surface area contributed by atoms with Gasteiger partial charge in [0.05, 0.1) is 6.42 Å². The summed E-state index contributed by atoms with van der Waals surface area (Å²) >= 11 is -3.11. The fourth-order valence-electron chi connectivity index (χ4n) is 0.569. The van der Waals surface area contributed by atoms with Crippen LogP contribution in [0.15, 0.2) is 0 Å². The molecule has 0 unspecified atom stereocenters. The zero-order valence-corrected chi connectivity index (χ0v) is 14.2. The van der Waals surface area contributed by atoms with Crippen LogP contribution in [0.3, 0.4) is 0 Å². The van der Waals surface area contributed by atoms with E-state index in [9.17, 15) is 9.59 Å². The van der Waals surface area contributed by atoms with Crippen LogP contribution in [0.2, 0.25) is 0 Å². The summed E-state index contributed by atoms with van der Waals surface area (Å²) in [6, 6.07) is 0. The largest absolute Gasteiger partial charge is 1.00 e. The molecule has 0 aliphatic carbocycles. The summed E-state index contributed by atoms with van der Waals surface area (Å²) in [5.41, 5.74) is 0. The summed E-state index contributed by atoms with van der Waals surface area (Å²) in [7, 11) is 0. The predicted molar refractivity (Wildman–Crippen MR) is 44.9 cm³/mol. The molecule has 0 rings (SSSR count). The van der Waals surface area contributed by atoms with Gasteiger partial charge >= 0.3 is 59.1 Å². The summed E-state index contributed by atoms with van der Waals surface area (Å²) in [4.78, 5) is 20.3. The van der Waals surface area contributed by atoms with E-state index in [0.717, 1.165) is 12.8 Å². The molecule has 0 fully saturated rings. The van der Waals surface area contributed by atoms with Gasteiger partial charge in [-0.05, 0) is 6.42 Å². The number of ketones is 1. The molecule has 0 aromatic rings. The van der Waals surface area contributed by atoms with Gasteiger partial charge in [0.15, 0.2) is 0 Å². The van der Waals surface area contributed by atoms with Crippen molar-refractivity contribution in [2.24, 2.45) is 0 Å². The van der Waals surface area contributed by atoms with Crippen LogP contribution < -0.4 is 59.1 Å². The molecule has 0 bridgehead atoms. The molecular formula is C7H12Na2O5S. The smallest absolute Gasteiger partial charge is 0.784 e. The molecule has 0 aliphatic heterocycles. The zero-order valence-electron chi connectivity index (χ0n) is 9.36. The van der Waals surface area contributed by atoms with Gasteiger partial charge in [-0.3, -0.25) is 9.00 Å². The molecule has 78 valence electrons. The van der Waals surface area contributed by atoms with Crippen molar-refractivity contribution in [2.45, 2.75) is 32.6 Å². The fourth-order valence-corrected chi connectivity index (χ4v) is 0.569. The quantitative estimate of drug-likeness (QED) is 0.211. The maximum absolute atomic E-state index is 10.6. The molecule has 15 heavy (non-hydrogen) atoms. The van der Waals surface area contributed by atoms with Crippen LogP contribution in [-0.4, -0.2) is 25.4 Å². The first-order valence-electron chi connectivity index (χ1n) is 3.76. The Hall–Kier alpha value is 1.41. The topological polar surface area (TPSA) is 97.3 Å². The van der Waals surface area contributed by atoms with E-state index in [1.165, 1.54) is 0 Å². The SMILES string of the molecule is CCCCC(=O)CC=O.O=S([O-])[O-].[Na+].[Na+]. The standard InChI is InChI=1S/C7H12O2.2Na.H2O3S/c1-2-3-4-7(9)5-6-8;;;1-4(2)3/h6H,2-5H2,1H3;;;(H2,1,2,3)/q;2*+1;/p-2. The Morgan fingerprint density at radius 1 is 1.33 bits per heavy atom. The Kier molecular flexibility index (Phi) is 35.0. The van der Waals surface area contributed by atoms with Gasteiger partial charge in [0, 0.05) is 6.42 Å². The molecule has 0 spiro atoms. The third-order valence-electron chi connectivity index (χ3n) is 1.12. The Bertz CT molecular complexity index is 173. The average Bonchev–Trinajstić information content (AvgIpc) is 2.00. The molecule has 0 aliphatic rings. The second-order valence-corrected chi connectivity index (χ2v) is 2.63. The van der Waals surface area contributed by atoms with Crippen LogP contribution in [0.5, 0.6) is 0 Å². The van der Waals surface area contributed by atoms with Crippen molar-refractivity contribution in [3.8, 4) is 0 Å². The van der Waals surface area contributed by atoms with Crippen molar-refractivity contribution >= 4 is 23.4 Å². The summed E-state index contributed by atoms with van der Waals surface area (Å²) < 4.78 is 25.3. The Balaban J connectivity index is -0.0000000883. The normalized spacial score (nSPS) is 7.73. The van der Waals surface area contributed by atoms with Crippen molar-refractivity contribution < 1.29 is 82.0 Å². The number of rotatable bonds is 5. The summed E-state index contributed by atoms with van der Waals surface area (Å²) in [5.74, 6) is 0.0619. The van der Waals surface area contributed by atoms with Crippen molar-refractivity contribution in [3.05, 3.63) is 0 Å². The van der Waals surface area contributed by atoms with Crippen LogP contribution in [-0.2, 0) is 21.0 Å². The van der Waals surface area contributed by atoms with Gasteiger partial charge in [-0.15, -0.1) is 11.4 Å². The van der Waals surface area contributed by atoms with Crippen molar-refractivity contribution in [1.82, 2.24) is 0 Å². The van der Waals surface area contributed by atoms with Gasteiger partial charge in [0.25, 0.3) is 0 Å². The number of Topliss-reactive ketones (excluding diaryl/α,β-unsaturated/α-hetero) is 1. The minimum Gasteiger partial charge on any atom is -0.784 e. The number of unbranched alkanes of at least 4 members (excludes halogenated alkanes) is 1. The van der Waals surface area contributed by atoms with Gasteiger partial charge < -0.3 is 13.9 Å². The minimum absolute atomic E-state index is 0. The van der Waals surface area contributed by atoms with Crippen LogP contribution in [0, 0.1) is 0 Å². The molecule has 0 aromatic heterocycles. The molecule has 0 heterocycles. The second kappa shape index (κ2) is 20.8. The Morgan fingerprint density at radius 3 is 2.00 bits per heavy atom. The molecule has 0 saturated carbocycles. The van der Waals surface area contributed by atoms with E-state index < -0.39 is 11.4 Å². The molecule has 0 radical (unpaired) electrons. The van der Waals surface area contributed by atoms with E-state index in [2.05, 4.69) is 0 Å². The van der Waals surface area contributed by atoms with E-state index in [1.807, 2.05) is 6.92 Å². The summed E-state index contributed by atoms with van der Waals surface area (Å²) in [5, 5.41) is 0. The molecular weight excluding hydrogens is 242 g/mol. The van der Waals surface area contributed by atoms with Crippen molar-refractivity contribution in [3.63, 3.8) is 0 Å². The third-order valence-corrected chi connectivity index (χ3v) is 1.12. The average molecular weight is 254 g/mol. The van der Waals surface area contributed by atoms with Crippen LogP contribution in [0.4, 0.5) is 0 Å². The van der Waals surface area contributed by atoms with Gasteiger partial charge in [-0.25, -0.2) is 0 Å². The van der Waals surface area contributed by atoms with Gasteiger partial charge in [-0.1, -0.05) is 13.3 Å².